The Labute approximate surface area is 278 Å². The molecule has 5 heteroatoms. The fraction of sp³-hybridized carbons (Fsp3) is 0.100. The average molecular weight is 667 g/mol. The number of ether oxygens (including phenoxy) is 1. The molecule has 218 valence electrons. The highest BCUT2D eigenvalue weighted by Crippen LogP contribution is 2.46. The minimum absolute atomic E-state index is 0.00527. The molecule has 0 fully saturated rings. The Morgan fingerprint density at radius 3 is 2.07 bits per heavy atom. The van der Waals surface area contributed by atoms with E-state index in [1.807, 2.05) is 12.1 Å². The van der Waals surface area contributed by atoms with Gasteiger partial charge >= 0.3 is 0 Å². The van der Waals surface area contributed by atoms with Gasteiger partial charge in [0.05, 0.1) is 5.69 Å². The lowest BCUT2D eigenvalue weighted by molar-refractivity contribution is 0.487. The van der Waals surface area contributed by atoms with Crippen LogP contribution in [0.4, 0.5) is 17.1 Å². The van der Waals surface area contributed by atoms with Crippen LogP contribution in [0.25, 0.3) is 22.3 Å². The summed E-state index contributed by atoms with van der Waals surface area (Å²) < 4.78 is 7.60. The fourth-order valence-corrected chi connectivity index (χ4v) is 7.39. The van der Waals surface area contributed by atoms with Crippen molar-refractivity contribution >= 4 is 67.7 Å². The van der Waals surface area contributed by atoms with E-state index >= 15 is 0 Å². The quantitative estimate of drug-likeness (QED) is 0.174. The molecule has 6 aromatic carbocycles. The Bertz CT molecular complexity index is 2110. The van der Waals surface area contributed by atoms with Crippen molar-refractivity contribution in [1.82, 2.24) is 0 Å². The Kier molecular flexibility index (Phi) is 6.71. The van der Waals surface area contributed by atoms with Gasteiger partial charge in [0.15, 0.2) is 0 Å². The number of rotatable bonds is 3. The van der Waals surface area contributed by atoms with Crippen molar-refractivity contribution in [3.05, 3.63) is 142 Å². The van der Waals surface area contributed by atoms with Crippen LogP contribution in [0.1, 0.15) is 26.3 Å². The van der Waals surface area contributed by atoms with E-state index in [4.69, 9.17) is 16.3 Å². The minimum Gasteiger partial charge on any atom is -0.458 e. The van der Waals surface area contributed by atoms with Crippen molar-refractivity contribution in [2.45, 2.75) is 26.2 Å². The molecular formula is C40H30BBrClNO. The second-order valence-electron chi connectivity index (χ2n) is 12.9. The Balaban J connectivity index is 1.45. The third kappa shape index (κ3) is 4.79. The summed E-state index contributed by atoms with van der Waals surface area (Å²) in [5.74, 6) is 1.64. The van der Waals surface area contributed by atoms with Crippen LogP contribution in [-0.2, 0) is 5.41 Å². The first-order valence-electron chi connectivity index (χ1n) is 15.3. The Morgan fingerprint density at radius 2 is 1.33 bits per heavy atom. The molecule has 8 rings (SSSR count). The van der Waals surface area contributed by atoms with E-state index < -0.39 is 0 Å². The summed E-state index contributed by atoms with van der Waals surface area (Å²) in [6, 6.07) is 45.5. The Hall–Kier alpha value is -4.25. The zero-order valence-corrected chi connectivity index (χ0v) is 27.7. The molecular weight excluding hydrogens is 637 g/mol. The van der Waals surface area contributed by atoms with Gasteiger partial charge in [0.1, 0.15) is 11.5 Å². The van der Waals surface area contributed by atoms with Gasteiger partial charge in [-0.05, 0) is 86.5 Å². The number of halogens is 2. The minimum atomic E-state index is -0.0203. The van der Waals surface area contributed by atoms with Crippen LogP contribution in [0.5, 0.6) is 11.5 Å². The van der Waals surface area contributed by atoms with Crippen LogP contribution in [0.3, 0.4) is 0 Å². The topological polar surface area (TPSA) is 12.5 Å². The van der Waals surface area contributed by atoms with Gasteiger partial charge in [0, 0.05) is 26.4 Å². The number of fused-ring (bicyclic) bond motifs is 4. The van der Waals surface area contributed by atoms with Gasteiger partial charge in [0.2, 0.25) is 0 Å². The third-order valence-electron chi connectivity index (χ3n) is 9.00. The van der Waals surface area contributed by atoms with Gasteiger partial charge in [-0.25, -0.2) is 0 Å². The van der Waals surface area contributed by atoms with Crippen LogP contribution >= 0.6 is 27.5 Å². The monoisotopic (exact) mass is 665 g/mol. The van der Waals surface area contributed by atoms with Gasteiger partial charge in [-0.3, -0.25) is 0 Å². The van der Waals surface area contributed by atoms with Gasteiger partial charge in [-0.1, -0.05) is 133 Å². The van der Waals surface area contributed by atoms with Crippen LogP contribution in [0.2, 0.25) is 5.02 Å². The molecule has 6 aromatic rings. The van der Waals surface area contributed by atoms with E-state index in [1.54, 1.807) is 0 Å². The van der Waals surface area contributed by atoms with Gasteiger partial charge in [0.25, 0.3) is 6.71 Å². The third-order valence-corrected chi connectivity index (χ3v) is 9.69. The van der Waals surface area contributed by atoms with Crippen LogP contribution in [-0.4, -0.2) is 6.71 Å². The second-order valence-corrected chi connectivity index (χ2v) is 14.2. The van der Waals surface area contributed by atoms with Crippen molar-refractivity contribution in [3.8, 4) is 33.8 Å². The summed E-state index contributed by atoms with van der Waals surface area (Å²) in [5.41, 5.74) is 12.9. The first-order chi connectivity index (χ1) is 21.8. The van der Waals surface area contributed by atoms with Gasteiger partial charge in [-0.15, -0.1) is 0 Å². The maximum atomic E-state index is 6.64. The maximum Gasteiger partial charge on any atom is 0.256 e. The zero-order valence-electron chi connectivity index (χ0n) is 25.3. The average Bonchev–Trinajstić information content (AvgIpc) is 3.04. The molecule has 0 unspecified atom stereocenters. The lowest BCUT2D eigenvalue weighted by atomic mass is 9.34. The summed E-state index contributed by atoms with van der Waals surface area (Å²) in [7, 11) is 0. The molecule has 2 heterocycles. The maximum absolute atomic E-state index is 6.64. The number of anilines is 3. The summed E-state index contributed by atoms with van der Waals surface area (Å²) in [4.78, 5) is 2.43. The fourth-order valence-electron chi connectivity index (χ4n) is 6.81. The first kappa shape index (κ1) is 28.2. The van der Waals surface area contributed by atoms with E-state index in [9.17, 15) is 0 Å². The van der Waals surface area contributed by atoms with E-state index in [1.165, 1.54) is 33.3 Å². The van der Waals surface area contributed by atoms with E-state index in [2.05, 4.69) is 157 Å². The molecule has 0 aromatic heterocycles. The highest BCUT2D eigenvalue weighted by Gasteiger charge is 2.42. The molecule has 0 radical (unpaired) electrons. The molecule has 0 aliphatic carbocycles. The van der Waals surface area contributed by atoms with Crippen molar-refractivity contribution in [2.75, 3.05) is 4.90 Å². The molecule has 0 saturated carbocycles. The molecule has 0 atom stereocenters. The molecule has 0 amide bonds. The summed E-state index contributed by atoms with van der Waals surface area (Å²) >= 11 is 10.3. The second kappa shape index (κ2) is 10.7. The first-order valence-corrected chi connectivity index (χ1v) is 16.4. The molecule has 2 nitrogen and oxygen atoms in total. The van der Waals surface area contributed by atoms with E-state index in [0.717, 1.165) is 44.0 Å². The van der Waals surface area contributed by atoms with Crippen molar-refractivity contribution in [1.29, 1.82) is 0 Å². The van der Waals surface area contributed by atoms with Crippen LogP contribution in [0, 0.1) is 0 Å². The summed E-state index contributed by atoms with van der Waals surface area (Å²) in [5, 5.41) is 0.662. The predicted molar refractivity (Wildman–Crippen MR) is 195 cm³/mol. The van der Waals surface area contributed by atoms with Crippen LogP contribution in [0.15, 0.2) is 132 Å². The molecule has 0 saturated heterocycles. The largest absolute Gasteiger partial charge is 0.458 e. The normalized spacial score (nSPS) is 13.1. The highest BCUT2D eigenvalue weighted by molar-refractivity contribution is 9.10. The van der Waals surface area contributed by atoms with Crippen molar-refractivity contribution < 1.29 is 4.74 Å². The lowest BCUT2D eigenvalue weighted by Gasteiger charge is -2.41. The van der Waals surface area contributed by atoms with Crippen molar-refractivity contribution in [3.63, 3.8) is 0 Å². The molecule has 45 heavy (non-hydrogen) atoms. The standard InChI is InChI=1S/C40H30BBrClNO/c1-40(2,3)28-15-19-34(31(21-28)26-12-8-5-9-13-26)44-35-18-14-27(25-10-6-4-7-11-25)20-33(35)41-32-17-16-30(43)24-37(32)45-38-23-29(42)22-36(44)39(38)41/h4-24H,1-3H3. The highest BCUT2D eigenvalue weighted by atomic mass is 79.9. The summed E-state index contributed by atoms with van der Waals surface area (Å²) in [6.45, 7) is 6.80. The van der Waals surface area contributed by atoms with Crippen LogP contribution < -0.4 is 26.0 Å². The van der Waals surface area contributed by atoms with E-state index in [0.29, 0.717) is 5.02 Å². The lowest BCUT2D eigenvalue weighted by Crippen LogP contribution is -2.59. The predicted octanol–water partition coefficient (Wildman–Crippen LogP) is 10.1. The molecule has 0 N–H and O–H groups in total. The molecule has 2 aliphatic rings. The smallest absolute Gasteiger partial charge is 0.256 e. The van der Waals surface area contributed by atoms with Crippen molar-refractivity contribution in [2.24, 2.45) is 0 Å². The number of hydrogen-bond acceptors (Lipinski definition) is 2. The van der Waals surface area contributed by atoms with E-state index in [-0.39, 0.29) is 12.1 Å². The number of benzene rings is 6. The SMILES string of the molecule is CC(C)(C)c1ccc(N2c3ccc(-c4ccccc4)cc3B3c4ccc(Cl)cc4Oc4cc(Br)cc2c43)c(-c2ccccc2)c1. The molecule has 0 bridgehead atoms. The Morgan fingerprint density at radius 1 is 0.622 bits per heavy atom. The molecule has 0 spiro atoms. The van der Waals surface area contributed by atoms with Gasteiger partial charge in [-0.2, -0.15) is 0 Å². The number of nitrogens with zero attached hydrogens (tertiary/aromatic N) is 1. The van der Waals surface area contributed by atoms with Gasteiger partial charge < -0.3 is 9.64 Å². The number of hydrogen-bond donors (Lipinski definition) is 0. The zero-order chi connectivity index (χ0) is 30.9. The molecule has 2 aliphatic heterocycles. The summed E-state index contributed by atoms with van der Waals surface area (Å²) in [6.07, 6.45) is 0.